The summed E-state index contributed by atoms with van der Waals surface area (Å²) >= 11 is 5.95. The van der Waals surface area contributed by atoms with Crippen molar-refractivity contribution in [3.63, 3.8) is 0 Å². The number of nitrogens with one attached hydrogen (secondary N) is 1. The molecule has 0 bridgehead atoms. The molecule has 3 rings (SSSR count). The van der Waals surface area contributed by atoms with Crippen LogP contribution in [0.1, 0.15) is 35.4 Å². The summed E-state index contributed by atoms with van der Waals surface area (Å²) < 4.78 is 5.55. The maximum atomic E-state index is 12.3. The van der Waals surface area contributed by atoms with Gasteiger partial charge >= 0.3 is 5.97 Å². The van der Waals surface area contributed by atoms with Gasteiger partial charge in [-0.25, -0.2) is 4.79 Å². The minimum atomic E-state index is -1.02. The summed E-state index contributed by atoms with van der Waals surface area (Å²) in [6.07, 6.45) is 2.52. The standard InChI is InChI=1S/C16H16ClNO4/c1-8-11-7-10(17)4-5-13(11)22-14(8)15(19)18-12(16(20)21)6-9-2-3-9/h4-5,7,9,12H,2-3,6H2,1H3,(H,18,19)(H,20,21). The largest absolute Gasteiger partial charge is 0.480 e. The molecule has 1 heterocycles. The third-order valence-corrected chi connectivity index (χ3v) is 4.21. The number of carbonyl (C=O) groups is 2. The van der Waals surface area contributed by atoms with Gasteiger partial charge < -0.3 is 14.8 Å². The molecule has 1 amide bonds. The van der Waals surface area contributed by atoms with Gasteiger partial charge in [0.15, 0.2) is 5.76 Å². The van der Waals surface area contributed by atoms with Crippen LogP contribution in [0.2, 0.25) is 5.02 Å². The van der Waals surface area contributed by atoms with E-state index in [4.69, 9.17) is 16.0 Å². The molecule has 0 spiro atoms. The van der Waals surface area contributed by atoms with Gasteiger partial charge in [-0.1, -0.05) is 24.4 Å². The van der Waals surface area contributed by atoms with Crippen LogP contribution in [0.4, 0.5) is 0 Å². The van der Waals surface area contributed by atoms with Crippen LogP contribution in [-0.2, 0) is 4.79 Å². The summed E-state index contributed by atoms with van der Waals surface area (Å²) in [7, 11) is 0. The number of aliphatic carboxylic acids is 1. The highest BCUT2D eigenvalue weighted by Gasteiger charge is 2.31. The molecule has 1 aromatic heterocycles. The Labute approximate surface area is 132 Å². The number of furan rings is 1. The molecule has 0 saturated heterocycles. The molecule has 5 nitrogen and oxygen atoms in total. The molecule has 1 atom stereocenters. The lowest BCUT2D eigenvalue weighted by Gasteiger charge is -2.13. The Hall–Kier alpha value is -2.01. The van der Waals surface area contributed by atoms with Crippen LogP contribution in [-0.4, -0.2) is 23.0 Å². The predicted molar refractivity (Wildman–Crippen MR) is 82.2 cm³/mol. The fraction of sp³-hybridized carbons (Fsp3) is 0.375. The fourth-order valence-corrected chi connectivity index (χ4v) is 2.71. The van der Waals surface area contributed by atoms with E-state index in [9.17, 15) is 14.7 Å². The van der Waals surface area contributed by atoms with E-state index < -0.39 is 17.9 Å². The molecule has 6 heteroatoms. The molecule has 116 valence electrons. The van der Waals surface area contributed by atoms with Gasteiger partial charge in [-0.3, -0.25) is 4.79 Å². The van der Waals surface area contributed by atoms with E-state index in [-0.39, 0.29) is 5.76 Å². The van der Waals surface area contributed by atoms with Crippen LogP contribution in [0.5, 0.6) is 0 Å². The van der Waals surface area contributed by atoms with E-state index in [1.807, 2.05) is 0 Å². The van der Waals surface area contributed by atoms with Crippen LogP contribution >= 0.6 is 11.6 Å². The molecule has 1 unspecified atom stereocenters. The zero-order chi connectivity index (χ0) is 15.9. The molecule has 2 aromatic rings. The molecule has 1 saturated carbocycles. The van der Waals surface area contributed by atoms with Crippen molar-refractivity contribution >= 4 is 34.4 Å². The highest BCUT2D eigenvalue weighted by molar-refractivity contribution is 6.31. The first-order valence-electron chi connectivity index (χ1n) is 7.18. The lowest BCUT2D eigenvalue weighted by atomic mass is 10.1. The van der Waals surface area contributed by atoms with Crippen molar-refractivity contribution in [3.8, 4) is 0 Å². The van der Waals surface area contributed by atoms with Crippen molar-refractivity contribution in [1.29, 1.82) is 0 Å². The van der Waals surface area contributed by atoms with Gasteiger partial charge in [0.1, 0.15) is 11.6 Å². The Balaban J connectivity index is 1.84. The number of halogens is 1. The van der Waals surface area contributed by atoms with Gasteiger partial charge in [-0.2, -0.15) is 0 Å². The molecular formula is C16H16ClNO4. The van der Waals surface area contributed by atoms with E-state index >= 15 is 0 Å². The first kappa shape index (κ1) is 14.9. The van der Waals surface area contributed by atoms with E-state index in [0.717, 1.165) is 18.2 Å². The number of rotatable bonds is 5. The lowest BCUT2D eigenvalue weighted by molar-refractivity contribution is -0.139. The third-order valence-electron chi connectivity index (χ3n) is 3.97. The van der Waals surface area contributed by atoms with Crippen LogP contribution < -0.4 is 5.32 Å². The number of hydrogen-bond donors (Lipinski definition) is 2. The smallest absolute Gasteiger partial charge is 0.326 e. The van der Waals surface area contributed by atoms with Crippen LogP contribution in [0.15, 0.2) is 22.6 Å². The molecular weight excluding hydrogens is 306 g/mol. The second kappa shape index (κ2) is 5.65. The second-order valence-electron chi connectivity index (χ2n) is 5.74. The number of benzene rings is 1. The lowest BCUT2D eigenvalue weighted by Crippen LogP contribution is -2.41. The summed E-state index contributed by atoms with van der Waals surface area (Å²) in [5, 5.41) is 13.1. The molecule has 0 aliphatic heterocycles. The number of carboxylic acids is 1. The summed E-state index contributed by atoms with van der Waals surface area (Å²) in [5.41, 5.74) is 1.21. The van der Waals surface area contributed by atoms with E-state index in [1.165, 1.54) is 0 Å². The van der Waals surface area contributed by atoms with Crippen LogP contribution in [0.3, 0.4) is 0 Å². The van der Waals surface area contributed by atoms with Crippen LogP contribution in [0, 0.1) is 12.8 Å². The fourth-order valence-electron chi connectivity index (χ4n) is 2.54. The van der Waals surface area contributed by atoms with Crippen molar-refractivity contribution in [3.05, 3.63) is 34.5 Å². The van der Waals surface area contributed by atoms with E-state index in [1.54, 1.807) is 25.1 Å². The number of aryl methyl sites for hydroxylation is 1. The Bertz CT molecular complexity index is 748. The zero-order valence-corrected chi connectivity index (χ0v) is 12.8. The minimum Gasteiger partial charge on any atom is -0.480 e. The van der Waals surface area contributed by atoms with Gasteiger partial charge in [-0.05, 0) is 37.5 Å². The Morgan fingerprint density at radius 1 is 1.45 bits per heavy atom. The highest BCUT2D eigenvalue weighted by atomic mass is 35.5. The Morgan fingerprint density at radius 3 is 2.82 bits per heavy atom. The topological polar surface area (TPSA) is 79.5 Å². The average Bonchev–Trinajstić information content (AvgIpc) is 3.22. The normalized spacial score (nSPS) is 15.7. The van der Waals surface area contributed by atoms with Crippen molar-refractivity contribution in [2.75, 3.05) is 0 Å². The Morgan fingerprint density at radius 2 is 2.18 bits per heavy atom. The predicted octanol–water partition coefficient (Wildman–Crippen LogP) is 3.38. The zero-order valence-electron chi connectivity index (χ0n) is 12.1. The molecule has 1 aromatic carbocycles. The molecule has 0 radical (unpaired) electrons. The Kier molecular flexibility index (Phi) is 3.83. The van der Waals surface area contributed by atoms with E-state index in [0.29, 0.717) is 28.5 Å². The molecule has 2 N–H and O–H groups in total. The molecule has 1 aliphatic rings. The quantitative estimate of drug-likeness (QED) is 0.884. The van der Waals surface area contributed by atoms with Gasteiger partial charge in [0.25, 0.3) is 5.91 Å². The van der Waals surface area contributed by atoms with Gasteiger partial charge in [-0.15, -0.1) is 0 Å². The van der Waals surface area contributed by atoms with Crippen molar-refractivity contribution in [1.82, 2.24) is 5.32 Å². The summed E-state index contributed by atoms with van der Waals surface area (Å²) in [4.78, 5) is 23.6. The van der Waals surface area contributed by atoms with Gasteiger partial charge in [0.05, 0.1) is 0 Å². The van der Waals surface area contributed by atoms with E-state index in [2.05, 4.69) is 5.32 Å². The summed E-state index contributed by atoms with van der Waals surface area (Å²) in [6.45, 7) is 1.76. The monoisotopic (exact) mass is 321 g/mol. The number of carbonyl (C=O) groups excluding carboxylic acids is 1. The van der Waals surface area contributed by atoms with Crippen molar-refractivity contribution in [2.24, 2.45) is 5.92 Å². The second-order valence-corrected chi connectivity index (χ2v) is 6.18. The highest BCUT2D eigenvalue weighted by Crippen LogP contribution is 2.34. The van der Waals surface area contributed by atoms with Crippen molar-refractivity contribution < 1.29 is 19.1 Å². The number of amides is 1. The number of fused-ring (bicyclic) bond motifs is 1. The summed E-state index contributed by atoms with van der Waals surface area (Å²) in [6, 6.07) is 4.23. The molecule has 1 aliphatic carbocycles. The minimum absolute atomic E-state index is 0.138. The maximum Gasteiger partial charge on any atom is 0.326 e. The molecule has 1 fully saturated rings. The summed E-state index contributed by atoms with van der Waals surface area (Å²) in [5.74, 6) is -0.980. The van der Waals surface area contributed by atoms with Gasteiger partial charge in [0.2, 0.25) is 0 Å². The number of carboxylic acid groups (broad SMARTS) is 1. The van der Waals surface area contributed by atoms with Gasteiger partial charge in [0, 0.05) is 16.0 Å². The average molecular weight is 322 g/mol. The maximum absolute atomic E-state index is 12.3. The first-order valence-corrected chi connectivity index (χ1v) is 7.56. The van der Waals surface area contributed by atoms with Crippen LogP contribution in [0.25, 0.3) is 11.0 Å². The SMILES string of the molecule is Cc1c(C(=O)NC(CC2CC2)C(=O)O)oc2ccc(Cl)cc12. The van der Waals surface area contributed by atoms with Crippen molar-refractivity contribution in [2.45, 2.75) is 32.2 Å². The first-order chi connectivity index (χ1) is 10.5. The number of hydrogen-bond acceptors (Lipinski definition) is 3. The molecule has 22 heavy (non-hydrogen) atoms. The third kappa shape index (κ3) is 2.95.